The van der Waals surface area contributed by atoms with Gasteiger partial charge in [-0.15, -0.1) is 0 Å². The van der Waals surface area contributed by atoms with Crippen molar-refractivity contribution in [2.45, 2.75) is 19.4 Å². The van der Waals surface area contributed by atoms with E-state index in [4.69, 9.17) is 11.6 Å². The third-order valence-electron chi connectivity index (χ3n) is 5.43. The number of amides is 2. The Morgan fingerprint density at radius 1 is 0.906 bits per heavy atom. The van der Waals surface area contributed by atoms with Gasteiger partial charge < -0.3 is 15.5 Å². The van der Waals surface area contributed by atoms with Gasteiger partial charge in [0.1, 0.15) is 5.82 Å². The summed E-state index contributed by atoms with van der Waals surface area (Å²) in [5, 5.41) is 6.08. The van der Waals surface area contributed by atoms with E-state index in [1.54, 1.807) is 48.5 Å². The predicted molar refractivity (Wildman–Crippen MR) is 125 cm³/mol. The topological polar surface area (TPSA) is 61.4 Å². The van der Waals surface area contributed by atoms with Crippen molar-refractivity contribution in [1.29, 1.82) is 0 Å². The molecule has 164 valence electrons. The fourth-order valence-electron chi connectivity index (χ4n) is 3.75. The summed E-state index contributed by atoms with van der Waals surface area (Å²) in [5.41, 5.74) is 2.97. The Labute approximate surface area is 191 Å². The molecule has 0 radical (unpaired) electrons. The first-order valence-electron chi connectivity index (χ1n) is 10.5. The predicted octanol–water partition coefficient (Wildman–Crippen LogP) is 5.26. The molecule has 0 aromatic heterocycles. The number of nitrogens with one attached hydrogen (secondary N) is 2. The number of halogens is 2. The Balaban J connectivity index is 1.56. The summed E-state index contributed by atoms with van der Waals surface area (Å²) in [5.74, 6) is -0.925. The fraction of sp³-hybridized carbons (Fsp3) is 0.200. The van der Waals surface area contributed by atoms with E-state index in [2.05, 4.69) is 15.5 Å². The molecule has 0 unspecified atom stereocenters. The molecule has 7 heteroatoms. The Hall–Kier alpha value is -3.38. The van der Waals surface area contributed by atoms with E-state index in [0.717, 1.165) is 37.2 Å². The number of anilines is 2. The smallest absolute Gasteiger partial charge is 0.257 e. The normalized spacial score (nSPS) is 13.1. The Morgan fingerprint density at radius 2 is 1.62 bits per heavy atom. The van der Waals surface area contributed by atoms with E-state index in [1.807, 2.05) is 6.07 Å². The van der Waals surface area contributed by atoms with Crippen LogP contribution < -0.4 is 15.5 Å². The first kappa shape index (κ1) is 21.8. The van der Waals surface area contributed by atoms with E-state index >= 15 is 0 Å². The van der Waals surface area contributed by atoms with Crippen molar-refractivity contribution in [3.63, 3.8) is 0 Å². The van der Waals surface area contributed by atoms with Crippen molar-refractivity contribution in [2.24, 2.45) is 0 Å². The van der Waals surface area contributed by atoms with Gasteiger partial charge in [0.25, 0.3) is 11.8 Å². The summed E-state index contributed by atoms with van der Waals surface area (Å²) in [7, 11) is 0. The first-order chi connectivity index (χ1) is 15.5. The third-order valence-corrected chi connectivity index (χ3v) is 5.76. The molecule has 2 N–H and O–H groups in total. The lowest BCUT2D eigenvalue weighted by atomic mass is 10.1. The van der Waals surface area contributed by atoms with E-state index in [9.17, 15) is 14.0 Å². The molecule has 3 aromatic rings. The average Bonchev–Trinajstić information content (AvgIpc) is 3.33. The lowest BCUT2D eigenvalue weighted by Gasteiger charge is -2.22. The third kappa shape index (κ3) is 5.08. The molecule has 5 nitrogen and oxygen atoms in total. The second-order valence-corrected chi connectivity index (χ2v) is 8.08. The molecule has 3 aromatic carbocycles. The second-order valence-electron chi connectivity index (χ2n) is 7.67. The van der Waals surface area contributed by atoms with E-state index < -0.39 is 0 Å². The maximum absolute atomic E-state index is 13.1. The van der Waals surface area contributed by atoms with Crippen molar-refractivity contribution in [2.75, 3.05) is 23.3 Å². The van der Waals surface area contributed by atoms with Gasteiger partial charge in [-0.1, -0.05) is 35.9 Å². The van der Waals surface area contributed by atoms with Crippen molar-refractivity contribution in [3.05, 3.63) is 94.3 Å². The molecule has 0 aliphatic carbocycles. The van der Waals surface area contributed by atoms with Crippen LogP contribution in [0.1, 0.15) is 39.1 Å². The average molecular weight is 452 g/mol. The molecule has 0 saturated carbocycles. The van der Waals surface area contributed by atoms with Gasteiger partial charge in [0.05, 0.1) is 16.1 Å². The van der Waals surface area contributed by atoms with Crippen molar-refractivity contribution < 1.29 is 14.0 Å². The SMILES string of the molecule is O=C(Nc1ccc(N2CCCC2)c(C(=O)NCc2ccc(F)cc2)c1)c1ccccc1Cl. The van der Waals surface area contributed by atoms with Crippen LogP contribution in [0.3, 0.4) is 0 Å². The van der Waals surface area contributed by atoms with Crippen LogP contribution in [-0.4, -0.2) is 24.9 Å². The van der Waals surface area contributed by atoms with Crippen molar-refractivity contribution in [3.8, 4) is 0 Å². The van der Waals surface area contributed by atoms with Gasteiger partial charge in [-0.2, -0.15) is 0 Å². The van der Waals surface area contributed by atoms with Gasteiger partial charge >= 0.3 is 0 Å². The Morgan fingerprint density at radius 3 is 2.34 bits per heavy atom. The molecule has 32 heavy (non-hydrogen) atoms. The highest BCUT2D eigenvalue weighted by Crippen LogP contribution is 2.28. The highest BCUT2D eigenvalue weighted by atomic mass is 35.5. The van der Waals surface area contributed by atoms with Crippen LogP contribution in [0.2, 0.25) is 5.02 Å². The van der Waals surface area contributed by atoms with Gasteiger partial charge in [0.2, 0.25) is 0 Å². The summed E-state index contributed by atoms with van der Waals surface area (Å²) in [6.45, 7) is 2.03. The molecule has 0 spiro atoms. The zero-order valence-corrected chi connectivity index (χ0v) is 18.2. The van der Waals surface area contributed by atoms with Gasteiger partial charge in [0.15, 0.2) is 0 Å². The number of benzene rings is 3. The second kappa shape index (κ2) is 9.83. The molecule has 4 rings (SSSR count). The molecule has 1 aliphatic heterocycles. The lowest BCUT2D eigenvalue weighted by Crippen LogP contribution is -2.27. The van der Waals surface area contributed by atoms with Gasteiger partial charge in [0, 0.05) is 31.0 Å². The molecular weight excluding hydrogens is 429 g/mol. The van der Waals surface area contributed by atoms with Gasteiger partial charge in [-0.3, -0.25) is 9.59 Å². The van der Waals surface area contributed by atoms with E-state index in [1.165, 1.54) is 12.1 Å². The highest BCUT2D eigenvalue weighted by molar-refractivity contribution is 6.34. The molecule has 1 saturated heterocycles. The number of hydrogen-bond donors (Lipinski definition) is 2. The number of rotatable bonds is 6. The minimum Gasteiger partial charge on any atom is -0.371 e. The number of hydrogen-bond acceptors (Lipinski definition) is 3. The van der Waals surface area contributed by atoms with Crippen LogP contribution >= 0.6 is 11.6 Å². The molecule has 0 bridgehead atoms. The van der Waals surface area contributed by atoms with Crippen LogP contribution in [0.25, 0.3) is 0 Å². The molecule has 1 fully saturated rings. The number of carbonyl (C=O) groups excluding carboxylic acids is 2. The fourth-order valence-corrected chi connectivity index (χ4v) is 3.97. The van der Waals surface area contributed by atoms with Gasteiger partial charge in [-0.05, 0) is 60.9 Å². The van der Waals surface area contributed by atoms with E-state index in [0.29, 0.717) is 21.8 Å². The van der Waals surface area contributed by atoms with Crippen LogP contribution in [0.5, 0.6) is 0 Å². The maximum atomic E-state index is 13.1. The molecule has 1 aliphatic rings. The Kier molecular flexibility index (Phi) is 6.71. The first-order valence-corrected chi connectivity index (χ1v) is 10.9. The summed E-state index contributed by atoms with van der Waals surface area (Å²) >= 11 is 6.13. The summed E-state index contributed by atoms with van der Waals surface area (Å²) in [4.78, 5) is 27.9. The minimum atomic E-state index is -0.345. The van der Waals surface area contributed by atoms with Crippen molar-refractivity contribution >= 4 is 34.8 Å². The van der Waals surface area contributed by atoms with Crippen molar-refractivity contribution in [1.82, 2.24) is 5.32 Å². The van der Waals surface area contributed by atoms with Crippen LogP contribution in [0.4, 0.5) is 15.8 Å². The van der Waals surface area contributed by atoms with E-state index in [-0.39, 0.29) is 24.2 Å². The van der Waals surface area contributed by atoms with Crippen LogP contribution in [-0.2, 0) is 6.54 Å². The lowest BCUT2D eigenvalue weighted by molar-refractivity contribution is 0.0950. The maximum Gasteiger partial charge on any atom is 0.257 e. The van der Waals surface area contributed by atoms with Crippen LogP contribution in [0, 0.1) is 5.82 Å². The molecule has 2 amide bonds. The summed E-state index contributed by atoms with van der Waals surface area (Å²) in [6, 6.07) is 18.1. The minimum absolute atomic E-state index is 0.259. The molecule has 0 atom stereocenters. The quantitative estimate of drug-likeness (QED) is 0.537. The number of carbonyl (C=O) groups is 2. The summed E-state index contributed by atoms with van der Waals surface area (Å²) in [6.07, 6.45) is 2.14. The molecular formula is C25H23ClFN3O2. The number of nitrogens with zero attached hydrogens (tertiary/aromatic N) is 1. The Bertz CT molecular complexity index is 1130. The monoisotopic (exact) mass is 451 g/mol. The van der Waals surface area contributed by atoms with Gasteiger partial charge in [-0.25, -0.2) is 4.39 Å². The zero-order chi connectivity index (χ0) is 22.5. The largest absolute Gasteiger partial charge is 0.371 e. The molecule has 1 heterocycles. The zero-order valence-electron chi connectivity index (χ0n) is 17.4. The summed E-state index contributed by atoms with van der Waals surface area (Å²) < 4.78 is 13.1. The van der Waals surface area contributed by atoms with Crippen LogP contribution in [0.15, 0.2) is 66.7 Å². The standard InChI is InChI=1S/C25H23ClFN3O2/c26-22-6-2-1-5-20(22)25(32)29-19-11-12-23(30-13-3-4-14-30)21(15-19)24(31)28-16-17-7-9-18(27)10-8-17/h1-2,5-12,15H,3-4,13-14,16H2,(H,28,31)(H,29,32). The highest BCUT2D eigenvalue weighted by Gasteiger charge is 2.21.